The van der Waals surface area contributed by atoms with E-state index in [1.54, 1.807) is 31.2 Å². The zero-order valence-electron chi connectivity index (χ0n) is 14.6. The summed E-state index contributed by atoms with van der Waals surface area (Å²) < 4.78 is 21.5. The number of halogens is 2. The number of hydrogen-bond acceptors (Lipinski definition) is 2. The van der Waals surface area contributed by atoms with Crippen molar-refractivity contribution in [1.29, 1.82) is 0 Å². The SMILES string of the molecule is Cc1cccc(F)c1Oc1ccc(Cl)c2c1C1(CC[C](=[Co])CC1)NC(=O)N2. The second-order valence-corrected chi connectivity index (χ2v) is 8.07. The Bertz CT molecular complexity index is 933. The second kappa shape index (κ2) is 6.93. The van der Waals surface area contributed by atoms with E-state index in [9.17, 15) is 9.18 Å². The maximum atomic E-state index is 14.3. The summed E-state index contributed by atoms with van der Waals surface area (Å²) >= 11 is 10.9. The van der Waals surface area contributed by atoms with Crippen LogP contribution in [0.3, 0.4) is 0 Å². The molecule has 2 aromatic carbocycles. The van der Waals surface area contributed by atoms with E-state index in [1.165, 1.54) is 6.07 Å². The Hall–Kier alpha value is -1.89. The molecule has 0 atom stereocenters. The minimum absolute atomic E-state index is 0.172. The first kappa shape index (κ1) is 18.5. The molecular formula is C20H18ClCoFN2O2. The minimum atomic E-state index is -0.623. The number of rotatable bonds is 2. The van der Waals surface area contributed by atoms with Crippen LogP contribution in [0.15, 0.2) is 30.3 Å². The second-order valence-electron chi connectivity index (χ2n) is 6.93. The van der Waals surface area contributed by atoms with Gasteiger partial charge in [0.2, 0.25) is 0 Å². The third-order valence-electron chi connectivity index (χ3n) is 5.19. The predicted molar refractivity (Wildman–Crippen MR) is 100.0 cm³/mol. The van der Waals surface area contributed by atoms with Crippen LogP contribution in [0.1, 0.15) is 36.8 Å². The number of para-hydroxylation sites is 1. The van der Waals surface area contributed by atoms with E-state index in [-0.39, 0.29) is 11.8 Å². The fraction of sp³-hybridized carbons (Fsp3) is 0.300. The Morgan fingerprint density at radius 1 is 1.22 bits per heavy atom. The Labute approximate surface area is 169 Å². The van der Waals surface area contributed by atoms with Gasteiger partial charge in [0.25, 0.3) is 0 Å². The van der Waals surface area contributed by atoms with Gasteiger partial charge in [-0.1, -0.05) is 0 Å². The maximum absolute atomic E-state index is 14.3. The van der Waals surface area contributed by atoms with Crippen molar-refractivity contribution in [3.8, 4) is 11.5 Å². The molecule has 1 fully saturated rings. The number of hydrogen-bond donors (Lipinski definition) is 2. The monoisotopic (exact) mass is 431 g/mol. The van der Waals surface area contributed by atoms with E-state index in [1.807, 2.05) is 0 Å². The fourth-order valence-electron chi connectivity index (χ4n) is 3.83. The molecule has 143 valence electrons. The molecule has 0 unspecified atom stereocenters. The van der Waals surface area contributed by atoms with Crippen LogP contribution in [0, 0.1) is 12.7 Å². The van der Waals surface area contributed by atoms with Crippen molar-refractivity contribution >= 4 is 27.8 Å². The summed E-state index contributed by atoms with van der Waals surface area (Å²) in [6.07, 6.45) is 2.89. The van der Waals surface area contributed by atoms with E-state index in [2.05, 4.69) is 25.9 Å². The van der Waals surface area contributed by atoms with Crippen LogP contribution in [0.25, 0.3) is 0 Å². The molecule has 4 nitrogen and oxygen atoms in total. The van der Waals surface area contributed by atoms with Gasteiger partial charge in [0.05, 0.1) is 0 Å². The van der Waals surface area contributed by atoms with Gasteiger partial charge >= 0.3 is 170 Å². The van der Waals surface area contributed by atoms with Crippen molar-refractivity contribution in [2.24, 2.45) is 0 Å². The van der Waals surface area contributed by atoms with Gasteiger partial charge in [0.15, 0.2) is 0 Å². The Balaban J connectivity index is 1.87. The molecule has 2 aliphatic rings. The summed E-state index contributed by atoms with van der Waals surface area (Å²) in [4.78, 5) is 12.3. The van der Waals surface area contributed by atoms with E-state index in [0.29, 0.717) is 34.9 Å². The van der Waals surface area contributed by atoms with Crippen LogP contribution in [-0.4, -0.2) is 10.5 Å². The molecule has 0 radical (unpaired) electrons. The number of urea groups is 1. The van der Waals surface area contributed by atoms with Gasteiger partial charge in [0.1, 0.15) is 0 Å². The number of carbonyl (C=O) groups is 1. The molecule has 2 aromatic rings. The van der Waals surface area contributed by atoms with E-state index >= 15 is 0 Å². The van der Waals surface area contributed by atoms with Gasteiger partial charge in [-0.2, -0.15) is 0 Å². The van der Waals surface area contributed by atoms with E-state index in [0.717, 1.165) is 22.9 Å². The van der Waals surface area contributed by atoms with Gasteiger partial charge in [-0.3, -0.25) is 0 Å². The molecule has 0 aromatic heterocycles. The molecule has 27 heavy (non-hydrogen) atoms. The topological polar surface area (TPSA) is 50.4 Å². The quantitative estimate of drug-likeness (QED) is 0.686. The van der Waals surface area contributed by atoms with Crippen LogP contribution in [0.4, 0.5) is 14.9 Å². The molecule has 1 spiro atoms. The standard InChI is InChI=1S/C20H18ClFN2O2.Co/c1-12-6-5-7-14(22)18(12)26-15-9-8-13(21)17-16(15)20(24-19(25)23-17)10-3-2-4-11-20;/h5-9H,3-4,10-11H2,1H3,(H2,23,24,25);. The third-order valence-corrected chi connectivity index (χ3v) is 6.02. The van der Waals surface area contributed by atoms with Crippen LogP contribution in [-0.2, 0) is 20.8 Å². The molecular weight excluding hydrogens is 414 g/mol. The Morgan fingerprint density at radius 2 is 1.96 bits per heavy atom. The van der Waals surface area contributed by atoms with Crippen molar-refractivity contribution in [2.45, 2.75) is 38.1 Å². The molecule has 1 saturated carbocycles. The summed E-state index contributed by atoms with van der Waals surface area (Å²) in [5.41, 5.74) is 1.35. The fourth-order valence-corrected chi connectivity index (χ4v) is 4.30. The van der Waals surface area contributed by atoms with Crippen LogP contribution >= 0.6 is 11.6 Å². The first-order valence-corrected chi connectivity index (χ1v) is 9.62. The predicted octanol–water partition coefficient (Wildman–Crippen LogP) is 5.20. The van der Waals surface area contributed by atoms with Crippen LogP contribution in [0.5, 0.6) is 11.5 Å². The average molecular weight is 432 g/mol. The molecule has 0 bridgehead atoms. The molecule has 2 N–H and O–H groups in total. The van der Waals surface area contributed by atoms with Gasteiger partial charge in [0, 0.05) is 0 Å². The number of ether oxygens (including phenoxy) is 1. The normalized spacial score (nSPS) is 17.9. The van der Waals surface area contributed by atoms with Crippen molar-refractivity contribution in [3.63, 3.8) is 0 Å². The summed E-state index contributed by atoms with van der Waals surface area (Å²) in [6, 6.07) is 7.88. The molecule has 1 aliphatic carbocycles. The Kier molecular flexibility index (Phi) is 4.74. The number of anilines is 1. The van der Waals surface area contributed by atoms with Crippen molar-refractivity contribution in [3.05, 3.63) is 52.3 Å². The molecule has 0 saturated heterocycles. The Morgan fingerprint density at radius 3 is 2.67 bits per heavy atom. The molecule has 2 amide bonds. The first-order chi connectivity index (χ1) is 12.9. The van der Waals surface area contributed by atoms with Gasteiger partial charge < -0.3 is 0 Å². The molecule has 4 rings (SSSR count). The third kappa shape index (κ3) is 3.26. The van der Waals surface area contributed by atoms with E-state index in [4.69, 9.17) is 16.3 Å². The number of benzene rings is 2. The zero-order valence-corrected chi connectivity index (χ0v) is 16.4. The number of carbonyl (C=O) groups excluding carboxylic acids is 1. The van der Waals surface area contributed by atoms with Gasteiger partial charge in [-0.25, -0.2) is 0 Å². The number of amides is 2. The number of nitrogens with one attached hydrogen (secondary N) is 2. The van der Waals surface area contributed by atoms with Crippen molar-refractivity contribution in [1.82, 2.24) is 5.32 Å². The summed E-state index contributed by atoms with van der Waals surface area (Å²) in [5.74, 6) is 0.220. The summed E-state index contributed by atoms with van der Waals surface area (Å²) in [6.45, 7) is 1.79. The number of fused-ring (bicyclic) bond motifs is 2. The zero-order chi connectivity index (χ0) is 19.2. The van der Waals surface area contributed by atoms with E-state index < -0.39 is 11.4 Å². The van der Waals surface area contributed by atoms with Crippen LogP contribution in [0.2, 0.25) is 5.02 Å². The molecule has 1 heterocycles. The van der Waals surface area contributed by atoms with Gasteiger partial charge in [-0.05, 0) is 0 Å². The van der Waals surface area contributed by atoms with Crippen LogP contribution < -0.4 is 15.4 Å². The van der Waals surface area contributed by atoms with Crippen molar-refractivity contribution < 1.29 is 29.2 Å². The first-order valence-electron chi connectivity index (χ1n) is 8.73. The number of aryl methyl sites for hydroxylation is 1. The summed E-state index contributed by atoms with van der Waals surface area (Å²) in [5, 5.41) is 6.27. The molecule has 7 heteroatoms. The van der Waals surface area contributed by atoms with Gasteiger partial charge in [-0.15, -0.1) is 0 Å². The van der Waals surface area contributed by atoms with Crippen molar-refractivity contribution in [2.75, 3.05) is 5.32 Å². The summed E-state index contributed by atoms with van der Waals surface area (Å²) in [7, 11) is 0. The average Bonchev–Trinajstić information content (AvgIpc) is 2.63. The molecule has 1 aliphatic heterocycles.